The number of benzene rings is 1. The van der Waals surface area contributed by atoms with Crippen molar-refractivity contribution in [3.8, 4) is 5.75 Å². The molecule has 1 aromatic heterocycles. The van der Waals surface area contributed by atoms with Crippen LogP contribution in [0, 0.1) is 0 Å². The number of ether oxygens (including phenoxy) is 1. The summed E-state index contributed by atoms with van der Waals surface area (Å²) >= 11 is 0. The van der Waals surface area contributed by atoms with Crippen LogP contribution in [-0.4, -0.2) is 39.2 Å². The van der Waals surface area contributed by atoms with Gasteiger partial charge in [0.15, 0.2) is 0 Å². The Hall–Kier alpha value is -2.37. The molecule has 2 aromatic rings. The lowest BCUT2D eigenvalue weighted by Gasteiger charge is -2.30. The Morgan fingerprint density at radius 1 is 1.26 bits per heavy atom. The summed E-state index contributed by atoms with van der Waals surface area (Å²) in [7, 11) is 1.66. The number of hydrogen-bond acceptors (Lipinski definition) is 4. The highest BCUT2D eigenvalue weighted by atomic mass is 16.5. The molecule has 122 valence electrons. The maximum absolute atomic E-state index is 12.7. The van der Waals surface area contributed by atoms with Gasteiger partial charge in [-0.3, -0.25) is 4.79 Å². The van der Waals surface area contributed by atoms with Crippen molar-refractivity contribution < 1.29 is 9.53 Å². The van der Waals surface area contributed by atoms with Gasteiger partial charge in [0.1, 0.15) is 24.9 Å². The summed E-state index contributed by atoms with van der Waals surface area (Å²) < 4.78 is 6.81. The topological polar surface area (TPSA) is 60.2 Å². The van der Waals surface area contributed by atoms with Crippen molar-refractivity contribution >= 4 is 5.91 Å². The lowest BCUT2D eigenvalue weighted by molar-refractivity contribution is -0.134. The fourth-order valence-corrected chi connectivity index (χ4v) is 3.12. The molecule has 3 rings (SSSR count). The Morgan fingerprint density at radius 2 is 2.09 bits per heavy atom. The SMILES string of the molecule is COc1ccc([C@@H]2CCCCCN2C(=O)Cn2cncn2)cc1. The predicted octanol–water partition coefficient (Wildman–Crippen LogP) is 2.43. The maximum atomic E-state index is 12.7. The molecule has 2 heterocycles. The van der Waals surface area contributed by atoms with Gasteiger partial charge in [-0.1, -0.05) is 25.0 Å². The highest BCUT2D eigenvalue weighted by Gasteiger charge is 2.26. The zero-order chi connectivity index (χ0) is 16.1. The second kappa shape index (κ2) is 7.26. The van der Waals surface area contributed by atoms with Crippen LogP contribution in [0.25, 0.3) is 0 Å². The molecule has 1 amide bonds. The van der Waals surface area contributed by atoms with Gasteiger partial charge in [-0.2, -0.15) is 5.10 Å². The molecule has 1 atom stereocenters. The van der Waals surface area contributed by atoms with Gasteiger partial charge in [0, 0.05) is 6.54 Å². The monoisotopic (exact) mass is 314 g/mol. The second-order valence-electron chi connectivity index (χ2n) is 5.82. The largest absolute Gasteiger partial charge is 0.497 e. The molecule has 1 aromatic carbocycles. The molecular formula is C17H22N4O2. The van der Waals surface area contributed by atoms with Crippen molar-refractivity contribution in [1.29, 1.82) is 0 Å². The molecule has 0 N–H and O–H groups in total. The molecular weight excluding hydrogens is 292 g/mol. The van der Waals surface area contributed by atoms with E-state index < -0.39 is 0 Å². The number of carbonyl (C=O) groups excluding carboxylic acids is 1. The van der Waals surface area contributed by atoms with Crippen LogP contribution in [0.4, 0.5) is 0 Å². The highest BCUT2D eigenvalue weighted by Crippen LogP contribution is 2.31. The number of likely N-dealkylation sites (tertiary alicyclic amines) is 1. The maximum Gasteiger partial charge on any atom is 0.244 e. The lowest BCUT2D eigenvalue weighted by Crippen LogP contribution is -2.37. The van der Waals surface area contributed by atoms with Crippen LogP contribution >= 0.6 is 0 Å². The summed E-state index contributed by atoms with van der Waals surface area (Å²) in [6.07, 6.45) is 7.39. The molecule has 0 unspecified atom stereocenters. The molecule has 0 bridgehead atoms. The van der Waals surface area contributed by atoms with Gasteiger partial charge in [0.2, 0.25) is 5.91 Å². The fraction of sp³-hybridized carbons (Fsp3) is 0.471. The first-order valence-electron chi connectivity index (χ1n) is 8.04. The van der Waals surface area contributed by atoms with Crippen LogP contribution in [0.1, 0.15) is 37.3 Å². The van der Waals surface area contributed by atoms with Gasteiger partial charge in [-0.05, 0) is 30.5 Å². The third-order valence-corrected chi connectivity index (χ3v) is 4.34. The zero-order valence-electron chi connectivity index (χ0n) is 13.4. The van der Waals surface area contributed by atoms with Crippen LogP contribution < -0.4 is 4.74 Å². The lowest BCUT2D eigenvalue weighted by atomic mass is 10.0. The minimum absolute atomic E-state index is 0.0956. The molecule has 1 saturated heterocycles. The summed E-state index contributed by atoms with van der Waals surface area (Å²) in [5.74, 6) is 0.932. The Morgan fingerprint density at radius 3 is 2.78 bits per heavy atom. The van der Waals surface area contributed by atoms with Gasteiger partial charge in [-0.15, -0.1) is 0 Å². The summed E-state index contributed by atoms with van der Waals surface area (Å²) in [5, 5.41) is 4.04. The van der Waals surface area contributed by atoms with Crippen molar-refractivity contribution in [3.63, 3.8) is 0 Å². The van der Waals surface area contributed by atoms with E-state index in [0.717, 1.165) is 31.6 Å². The summed E-state index contributed by atoms with van der Waals surface area (Å²) in [4.78, 5) is 18.6. The minimum Gasteiger partial charge on any atom is -0.497 e. The van der Waals surface area contributed by atoms with Crippen LogP contribution in [0.2, 0.25) is 0 Å². The van der Waals surface area contributed by atoms with E-state index in [9.17, 15) is 4.79 Å². The van der Waals surface area contributed by atoms with Gasteiger partial charge in [-0.25, -0.2) is 9.67 Å². The minimum atomic E-state index is 0.0956. The van der Waals surface area contributed by atoms with E-state index in [2.05, 4.69) is 22.2 Å². The number of nitrogens with zero attached hydrogens (tertiary/aromatic N) is 4. The molecule has 0 saturated carbocycles. The molecule has 0 aliphatic carbocycles. The Balaban J connectivity index is 1.80. The van der Waals surface area contributed by atoms with Gasteiger partial charge >= 0.3 is 0 Å². The number of methoxy groups -OCH3 is 1. The van der Waals surface area contributed by atoms with E-state index in [1.54, 1.807) is 18.1 Å². The number of hydrogen-bond donors (Lipinski definition) is 0. The van der Waals surface area contributed by atoms with Gasteiger partial charge < -0.3 is 9.64 Å². The molecule has 6 nitrogen and oxygen atoms in total. The molecule has 1 aliphatic heterocycles. The van der Waals surface area contributed by atoms with Crippen molar-refractivity contribution in [2.75, 3.05) is 13.7 Å². The van der Waals surface area contributed by atoms with Crippen LogP contribution in [0.5, 0.6) is 5.75 Å². The zero-order valence-corrected chi connectivity index (χ0v) is 13.4. The highest BCUT2D eigenvalue weighted by molar-refractivity contribution is 5.76. The fourth-order valence-electron chi connectivity index (χ4n) is 3.12. The van der Waals surface area contributed by atoms with Gasteiger partial charge in [0.05, 0.1) is 13.2 Å². The Bertz CT molecular complexity index is 625. The Labute approximate surface area is 136 Å². The summed E-state index contributed by atoms with van der Waals surface area (Å²) in [6, 6.07) is 8.16. The van der Waals surface area contributed by atoms with Crippen LogP contribution in [0.15, 0.2) is 36.9 Å². The van der Waals surface area contributed by atoms with E-state index in [4.69, 9.17) is 4.74 Å². The summed E-state index contributed by atoms with van der Waals surface area (Å²) in [5.41, 5.74) is 1.17. The average molecular weight is 314 g/mol. The second-order valence-corrected chi connectivity index (χ2v) is 5.82. The van der Waals surface area contributed by atoms with E-state index in [1.807, 2.05) is 17.0 Å². The molecule has 0 radical (unpaired) electrons. The van der Waals surface area contributed by atoms with Crippen LogP contribution in [-0.2, 0) is 11.3 Å². The van der Waals surface area contributed by atoms with Crippen molar-refractivity contribution in [3.05, 3.63) is 42.5 Å². The van der Waals surface area contributed by atoms with Crippen molar-refractivity contribution in [2.24, 2.45) is 0 Å². The van der Waals surface area contributed by atoms with E-state index in [1.165, 1.54) is 18.3 Å². The van der Waals surface area contributed by atoms with E-state index in [0.29, 0.717) is 0 Å². The number of rotatable bonds is 4. The van der Waals surface area contributed by atoms with Crippen molar-refractivity contribution in [2.45, 2.75) is 38.3 Å². The quantitative estimate of drug-likeness (QED) is 0.869. The first kappa shape index (κ1) is 15.5. The number of carbonyl (C=O) groups is 1. The number of amides is 1. The van der Waals surface area contributed by atoms with Gasteiger partial charge in [0.25, 0.3) is 0 Å². The molecule has 1 fully saturated rings. The third-order valence-electron chi connectivity index (χ3n) is 4.34. The standard InChI is InChI=1S/C17H22N4O2/c1-23-15-8-6-14(7-9-15)16-5-3-2-4-10-21(16)17(22)11-20-13-18-12-19-20/h6-9,12-13,16H,2-5,10-11H2,1H3/t16-/m0/s1. The first-order valence-corrected chi connectivity index (χ1v) is 8.04. The first-order chi connectivity index (χ1) is 11.3. The average Bonchev–Trinajstić information content (AvgIpc) is 2.96. The predicted molar refractivity (Wildman–Crippen MR) is 85.9 cm³/mol. The molecule has 23 heavy (non-hydrogen) atoms. The molecule has 6 heteroatoms. The van der Waals surface area contributed by atoms with E-state index in [-0.39, 0.29) is 18.5 Å². The van der Waals surface area contributed by atoms with Crippen molar-refractivity contribution in [1.82, 2.24) is 19.7 Å². The third kappa shape index (κ3) is 3.70. The summed E-state index contributed by atoms with van der Waals surface area (Å²) in [6.45, 7) is 1.04. The van der Waals surface area contributed by atoms with Crippen LogP contribution in [0.3, 0.4) is 0 Å². The normalized spacial score (nSPS) is 18.5. The molecule has 0 spiro atoms. The number of aromatic nitrogens is 3. The molecule has 1 aliphatic rings. The van der Waals surface area contributed by atoms with E-state index >= 15 is 0 Å². The Kier molecular flexibility index (Phi) is 4.90. The smallest absolute Gasteiger partial charge is 0.244 e.